The third-order valence-electron chi connectivity index (χ3n) is 5.55. The van der Waals surface area contributed by atoms with Crippen molar-refractivity contribution < 1.29 is 12.8 Å². The van der Waals surface area contributed by atoms with Gasteiger partial charge in [0, 0.05) is 57.1 Å². The summed E-state index contributed by atoms with van der Waals surface area (Å²) in [5, 5.41) is 0. The van der Waals surface area contributed by atoms with Crippen molar-refractivity contribution >= 4 is 15.8 Å². The van der Waals surface area contributed by atoms with E-state index in [1.807, 2.05) is 23.8 Å². The number of nitrogens with zero attached hydrogens (tertiary/aromatic N) is 7. The first kappa shape index (κ1) is 21.3. The summed E-state index contributed by atoms with van der Waals surface area (Å²) < 4.78 is 34.9. The highest BCUT2D eigenvalue weighted by Gasteiger charge is 2.29. The van der Waals surface area contributed by atoms with E-state index < -0.39 is 10.0 Å². The van der Waals surface area contributed by atoms with E-state index in [2.05, 4.69) is 24.8 Å². The van der Waals surface area contributed by atoms with Crippen molar-refractivity contribution in [2.45, 2.75) is 18.7 Å². The van der Waals surface area contributed by atoms with Gasteiger partial charge in [0.15, 0.2) is 5.89 Å². The summed E-state index contributed by atoms with van der Waals surface area (Å²) in [7, 11) is -3.60. The van der Waals surface area contributed by atoms with Gasteiger partial charge >= 0.3 is 0 Å². The van der Waals surface area contributed by atoms with Crippen LogP contribution in [-0.4, -0.2) is 63.4 Å². The molecule has 0 aliphatic carbocycles. The van der Waals surface area contributed by atoms with Crippen LogP contribution in [-0.2, 0) is 10.0 Å². The predicted molar refractivity (Wildman–Crippen MR) is 122 cm³/mol. The fraction of sp³-hybridized carbons (Fsp3) is 0.273. The van der Waals surface area contributed by atoms with Crippen LogP contribution >= 0.6 is 0 Å². The second-order valence-electron chi connectivity index (χ2n) is 7.77. The first-order chi connectivity index (χ1) is 15.9. The van der Waals surface area contributed by atoms with E-state index in [0.717, 1.165) is 17.2 Å². The molecule has 170 valence electrons. The van der Waals surface area contributed by atoms with Crippen molar-refractivity contribution in [1.29, 1.82) is 0 Å². The van der Waals surface area contributed by atoms with E-state index in [1.165, 1.54) is 4.31 Å². The number of hydrogen-bond donors (Lipinski definition) is 0. The van der Waals surface area contributed by atoms with Crippen molar-refractivity contribution in [3.8, 4) is 17.1 Å². The number of benzene rings is 1. The first-order valence-electron chi connectivity index (χ1n) is 10.5. The van der Waals surface area contributed by atoms with Crippen LogP contribution in [0, 0.1) is 13.8 Å². The van der Waals surface area contributed by atoms with Crippen LogP contribution < -0.4 is 4.90 Å². The number of oxazole rings is 1. The fourth-order valence-electron chi connectivity index (χ4n) is 3.83. The highest BCUT2D eigenvalue weighted by molar-refractivity contribution is 7.89. The van der Waals surface area contributed by atoms with E-state index in [4.69, 9.17) is 4.42 Å². The normalized spacial score (nSPS) is 15.2. The molecular formula is C22H23N7O3S. The monoisotopic (exact) mass is 465 g/mol. The minimum atomic E-state index is -3.60. The Bertz CT molecular complexity index is 1360. The van der Waals surface area contributed by atoms with Crippen molar-refractivity contribution in [1.82, 2.24) is 28.8 Å². The van der Waals surface area contributed by atoms with Gasteiger partial charge in [-0.2, -0.15) is 4.31 Å². The zero-order valence-electron chi connectivity index (χ0n) is 18.3. The van der Waals surface area contributed by atoms with Crippen molar-refractivity contribution in [2.75, 3.05) is 31.1 Å². The summed E-state index contributed by atoms with van der Waals surface area (Å²) >= 11 is 0. The third kappa shape index (κ3) is 4.24. The molecule has 0 radical (unpaired) electrons. The van der Waals surface area contributed by atoms with Gasteiger partial charge in [0.2, 0.25) is 10.0 Å². The van der Waals surface area contributed by atoms with Crippen LogP contribution in [0.3, 0.4) is 0 Å². The predicted octanol–water partition coefficient (Wildman–Crippen LogP) is 2.45. The molecule has 0 unspecified atom stereocenters. The van der Waals surface area contributed by atoms with Gasteiger partial charge in [-0.05, 0) is 19.1 Å². The minimum absolute atomic E-state index is 0.264. The topological polar surface area (TPSA) is 110 Å². The quantitative estimate of drug-likeness (QED) is 0.442. The van der Waals surface area contributed by atoms with Crippen molar-refractivity contribution in [2.24, 2.45) is 0 Å². The lowest BCUT2D eigenvalue weighted by Gasteiger charge is -2.34. The maximum absolute atomic E-state index is 13.2. The number of hydrogen-bond acceptors (Lipinski definition) is 8. The van der Waals surface area contributed by atoms with Crippen LogP contribution in [0.1, 0.15) is 11.7 Å². The number of imidazole rings is 1. The van der Waals surface area contributed by atoms with Gasteiger partial charge in [-0.25, -0.2) is 28.4 Å². The summed E-state index contributed by atoms with van der Waals surface area (Å²) in [5.41, 5.74) is 1.49. The molecule has 0 atom stereocenters. The van der Waals surface area contributed by atoms with Crippen molar-refractivity contribution in [3.63, 3.8) is 0 Å². The van der Waals surface area contributed by atoms with Gasteiger partial charge in [-0.1, -0.05) is 12.1 Å². The Balaban J connectivity index is 1.30. The third-order valence-corrected chi connectivity index (χ3v) is 7.46. The fourth-order valence-corrected chi connectivity index (χ4v) is 5.25. The van der Waals surface area contributed by atoms with Crippen LogP contribution in [0.2, 0.25) is 0 Å². The molecule has 0 saturated carbocycles. The zero-order chi connectivity index (χ0) is 23.0. The molecule has 11 heteroatoms. The average Bonchev–Trinajstić information content (AvgIpc) is 3.51. The molecule has 1 aliphatic heterocycles. The Morgan fingerprint density at radius 3 is 2.30 bits per heavy atom. The molecule has 4 aromatic rings. The lowest BCUT2D eigenvalue weighted by atomic mass is 10.2. The van der Waals surface area contributed by atoms with Gasteiger partial charge in [0.05, 0.1) is 4.90 Å². The summed E-state index contributed by atoms with van der Waals surface area (Å²) in [6, 6.07) is 8.63. The largest absolute Gasteiger partial charge is 0.449 e. The molecule has 5 rings (SSSR count). The van der Waals surface area contributed by atoms with Gasteiger partial charge in [0.1, 0.15) is 35.7 Å². The molecule has 4 heterocycles. The lowest BCUT2D eigenvalue weighted by molar-refractivity contribution is 0.383. The molecule has 1 saturated heterocycles. The Morgan fingerprint density at radius 2 is 1.67 bits per heavy atom. The molecule has 0 bridgehead atoms. The number of rotatable bonds is 5. The Hall–Kier alpha value is -3.57. The van der Waals surface area contributed by atoms with E-state index in [-0.39, 0.29) is 4.90 Å². The number of anilines is 1. The zero-order valence-corrected chi connectivity index (χ0v) is 19.1. The molecule has 3 aromatic heterocycles. The molecule has 0 amide bonds. The summed E-state index contributed by atoms with van der Waals surface area (Å²) in [6.45, 7) is 5.43. The first-order valence-corrected chi connectivity index (χ1v) is 12.0. The molecule has 0 N–H and O–H groups in total. The van der Waals surface area contributed by atoms with Crippen LogP contribution in [0.15, 0.2) is 64.6 Å². The molecule has 1 aliphatic rings. The SMILES string of the molecule is Cc1nc(N2CCN(S(=O)(=O)c3ccc(-c4coc(C)n4)cc3)CC2)cc(-n2ccnc2)n1. The number of aryl methyl sites for hydroxylation is 2. The Kier molecular flexibility index (Phi) is 5.43. The summed E-state index contributed by atoms with van der Waals surface area (Å²) in [6.07, 6.45) is 6.77. The van der Waals surface area contributed by atoms with E-state index >= 15 is 0 Å². The second kappa shape index (κ2) is 8.41. The average molecular weight is 466 g/mol. The number of aromatic nitrogens is 5. The van der Waals surface area contributed by atoms with Crippen LogP contribution in [0.4, 0.5) is 5.82 Å². The molecule has 1 fully saturated rings. The molecule has 0 spiro atoms. The maximum atomic E-state index is 13.2. The van der Waals surface area contributed by atoms with Gasteiger partial charge in [-0.15, -0.1) is 0 Å². The van der Waals surface area contributed by atoms with E-state index in [1.54, 1.807) is 50.0 Å². The standard InChI is InChI=1S/C22H23N7O3S/c1-16-24-21(13-22(25-16)28-8-7-23-15-28)27-9-11-29(12-10-27)33(30,31)19-5-3-18(4-6-19)20-14-32-17(2)26-20/h3-8,13-15H,9-12H2,1-2H3. The van der Waals surface area contributed by atoms with E-state index in [9.17, 15) is 8.42 Å². The molecule has 1 aromatic carbocycles. The van der Waals surface area contributed by atoms with Gasteiger partial charge in [-0.3, -0.25) is 4.57 Å². The summed E-state index contributed by atoms with van der Waals surface area (Å²) in [4.78, 5) is 19.7. The van der Waals surface area contributed by atoms with E-state index in [0.29, 0.717) is 43.6 Å². The summed E-state index contributed by atoms with van der Waals surface area (Å²) in [5.74, 6) is 2.71. The molecular weight excluding hydrogens is 442 g/mol. The lowest BCUT2D eigenvalue weighted by Crippen LogP contribution is -2.49. The Labute approximate surface area is 191 Å². The minimum Gasteiger partial charge on any atom is -0.449 e. The smallest absolute Gasteiger partial charge is 0.243 e. The number of sulfonamides is 1. The van der Waals surface area contributed by atoms with Crippen molar-refractivity contribution in [3.05, 3.63) is 67.0 Å². The maximum Gasteiger partial charge on any atom is 0.243 e. The number of piperazine rings is 1. The molecule has 33 heavy (non-hydrogen) atoms. The highest BCUT2D eigenvalue weighted by atomic mass is 32.2. The molecule has 10 nitrogen and oxygen atoms in total. The van der Waals surface area contributed by atoms with Crippen LogP contribution in [0.25, 0.3) is 17.1 Å². The van der Waals surface area contributed by atoms with Gasteiger partial charge in [0.25, 0.3) is 0 Å². The highest BCUT2D eigenvalue weighted by Crippen LogP contribution is 2.24. The van der Waals surface area contributed by atoms with Gasteiger partial charge < -0.3 is 9.32 Å². The van der Waals surface area contributed by atoms with Crippen LogP contribution in [0.5, 0.6) is 0 Å². The second-order valence-corrected chi connectivity index (χ2v) is 9.71. The Morgan fingerprint density at radius 1 is 0.939 bits per heavy atom.